The lowest BCUT2D eigenvalue weighted by molar-refractivity contribution is 0.396. The Balaban J connectivity index is 2.35. The Kier molecular flexibility index (Phi) is 2.31. The van der Waals surface area contributed by atoms with Crippen molar-refractivity contribution >= 4 is 24.0 Å². The predicted molar refractivity (Wildman–Crippen MR) is 79.6 cm³/mol. The summed E-state index contributed by atoms with van der Waals surface area (Å²) in [7, 11) is 0. The average Bonchev–Trinajstić information content (AvgIpc) is 2.32. The fourth-order valence-electron chi connectivity index (χ4n) is 2.54. The first-order valence-corrected chi connectivity index (χ1v) is 6.65. The maximum Gasteiger partial charge on any atom is 0.111 e. The Labute approximate surface area is 113 Å². The van der Waals surface area contributed by atoms with E-state index in [0.717, 1.165) is 21.8 Å². The molecule has 0 aromatic carbocycles. The summed E-state index contributed by atoms with van der Waals surface area (Å²) in [6, 6.07) is 2.04. The van der Waals surface area contributed by atoms with Crippen molar-refractivity contribution < 1.29 is 5.11 Å². The number of aliphatic hydroxyl groups excluding tert-OH is 1. The van der Waals surface area contributed by atoms with Crippen LogP contribution in [0.5, 0.6) is 0 Å². The molecule has 0 amide bonds. The molecule has 2 aliphatic rings. The Morgan fingerprint density at radius 3 is 2.53 bits per heavy atom. The van der Waals surface area contributed by atoms with Crippen LogP contribution in [0.2, 0.25) is 0 Å². The largest absolute Gasteiger partial charge is 0.511 e. The van der Waals surface area contributed by atoms with Crippen molar-refractivity contribution in [2.45, 2.75) is 27.7 Å². The zero-order valence-electron chi connectivity index (χ0n) is 11.9. The number of allylic oxidation sites excluding steroid dienone is 1. The molecule has 0 fully saturated rings. The Hall–Kier alpha value is -1.83. The summed E-state index contributed by atoms with van der Waals surface area (Å²) in [4.78, 5) is 4.69. The molecule has 0 spiro atoms. The monoisotopic (exact) mass is 253 g/mol. The van der Waals surface area contributed by atoms with Crippen LogP contribution in [0.3, 0.4) is 0 Å². The first kappa shape index (κ1) is 12.2. The molecule has 0 bridgehead atoms. The van der Waals surface area contributed by atoms with E-state index in [1.54, 1.807) is 0 Å². The van der Waals surface area contributed by atoms with E-state index < -0.39 is 0 Å². The molecule has 2 heteroatoms. The lowest BCUT2D eigenvalue weighted by Gasteiger charge is -2.24. The highest BCUT2D eigenvalue weighted by Crippen LogP contribution is 2.29. The second-order valence-electron chi connectivity index (χ2n) is 6.60. The second-order valence-corrected chi connectivity index (χ2v) is 6.60. The van der Waals surface area contributed by atoms with Gasteiger partial charge < -0.3 is 5.11 Å². The Bertz CT molecular complexity index is 733. The molecule has 0 unspecified atom stereocenters. The molecule has 0 aliphatic heterocycles. The summed E-state index contributed by atoms with van der Waals surface area (Å²) < 4.78 is 0. The van der Waals surface area contributed by atoms with Gasteiger partial charge in [0.2, 0.25) is 0 Å². The summed E-state index contributed by atoms with van der Waals surface area (Å²) in [6.45, 7) is 8.34. The van der Waals surface area contributed by atoms with E-state index >= 15 is 0 Å². The quantitative estimate of drug-likeness (QED) is 0.771. The average molecular weight is 253 g/mol. The number of hydrogen-bond acceptors (Lipinski definition) is 2. The van der Waals surface area contributed by atoms with Gasteiger partial charge in [-0.3, -0.25) is 0 Å². The topological polar surface area (TPSA) is 33.1 Å². The molecule has 1 heterocycles. The minimum absolute atomic E-state index is 0.0393. The Morgan fingerprint density at radius 2 is 1.79 bits per heavy atom. The van der Waals surface area contributed by atoms with E-state index in [1.807, 2.05) is 32.1 Å². The van der Waals surface area contributed by atoms with Crippen LogP contribution in [0.25, 0.3) is 24.0 Å². The van der Waals surface area contributed by atoms with Crippen molar-refractivity contribution in [3.05, 3.63) is 40.0 Å². The summed E-state index contributed by atoms with van der Waals surface area (Å²) in [5.41, 5.74) is 1.66. The van der Waals surface area contributed by atoms with Crippen molar-refractivity contribution in [1.82, 2.24) is 4.98 Å². The summed E-state index contributed by atoms with van der Waals surface area (Å²) >= 11 is 0. The summed E-state index contributed by atoms with van der Waals surface area (Å²) in [6.07, 6.45) is 10.5. The van der Waals surface area contributed by atoms with E-state index in [0.29, 0.717) is 5.76 Å². The molecule has 19 heavy (non-hydrogen) atoms. The van der Waals surface area contributed by atoms with Gasteiger partial charge in [-0.15, -0.1) is 0 Å². The molecular weight excluding hydrogens is 234 g/mol. The maximum absolute atomic E-state index is 10.4. The minimum atomic E-state index is -0.315. The van der Waals surface area contributed by atoms with Crippen LogP contribution in [0, 0.1) is 10.8 Å². The van der Waals surface area contributed by atoms with Gasteiger partial charge in [0.25, 0.3) is 0 Å². The van der Waals surface area contributed by atoms with E-state index in [-0.39, 0.29) is 10.8 Å². The highest BCUT2D eigenvalue weighted by atomic mass is 16.3. The number of hydrogen-bond donors (Lipinski definition) is 1. The van der Waals surface area contributed by atoms with Crippen molar-refractivity contribution in [1.29, 1.82) is 0 Å². The van der Waals surface area contributed by atoms with Crippen molar-refractivity contribution in [3.63, 3.8) is 0 Å². The second kappa shape index (κ2) is 3.60. The van der Waals surface area contributed by atoms with Crippen molar-refractivity contribution in [2.24, 2.45) is 10.8 Å². The van der Waals surface area contributed by atoms with E-state index in [9.17, 15) is 5.11 Å². The van der Waals surface area contributed by atoms with Crippen LogP contribution >= 0.6 is 0 Å². The number of fused-ring (bicyclic) bond motifs is 2. The molecule has 1 N–H and O–H groups in total. The number of aliphatic hydroxyl groups is 1. The molecule has 1 aromatic heterocycles. The number of aromatic nitrogens is 1. The normalized spacial score (nSPS) is 21.6. The van der Waals surface area contributed by atoms with E-state index in [1.165, 1.54) is 0 Å². The molecule has 2 aliphatic carbocycles. The lowest BCUT2D eigenvalue weighted by Crippen LogP contribution is -2.31. The molecule has 2 nitrogen and oxygen atoms in total. The number of rotatable bonds is 0. The van der Waals surface area contributed by atoms with Gasteiger partial charge in [0.1, 0.15) is 5.76 Å². The van der Waals surface area contributed by atoms with Crippen LogP contribution in [-0.2, 0) is 0 Å². The van der Waals surface area contributed by atoms with Crippen molar-refractivity contribution in [2.75, 3.05) is 0 Å². The molecule has 3 rings (SSSR count). The first-order valence-electron chi connectivity index (χ1n) is 6.65. The van der Waals surface area contributed by atoms with Crippen LogP contribution in [0.1, 0.15) is 39.0 Å². The van der Waals surface area contributed by atoms with Gasteiger partial charge in [0, 0.05) is 21.6 Å². The van der Waals surface area contributed by atoms with Gasteiger partial charge in [0.15, 0.2) is 0 Å². The molecule has 0 radical (unpaired) electrons. The molecule has 1 aromatic rings. The maximum atomic E-state index is 10.4. The van der Waals surface area contributed by atoms with Gasteiger partial charge in [-0.05, 0) is 32.1 Å². The lowest BCUT2D eigenvalue weighted by atomic mass is 9.84. The van der Waals surface area contributed by atoms with Crippen LogP contribution < -0.4 is 10.6 Å². The minimum Gasteiger partial charge on any atom is -0.511 e. The van der Waals surface area contributed by atoms with Gasteiger partial charge in [-0.25, -0.2) is 4.98 Å². The zero-order chi connectivity index (χ0) is 13.8. The van der Waals surface area contributed by atoms with Crippen LogP contribution in [-0.4, -0.2) is 10.1 Å². The highest BCUT2D eigenvalue weighted by Gasteiger charge is 2.25. The molecular formula is C17H19NO. The van der Waals surface area contributed by atoms with Crippen LogP contribution in [0.4, 0.5) is 0 Å². The van der Waals surface area contributed by atoms with Crippen LogP contribution in [0.15, 0.2) is 18.2 Å². The molecule has 98 valence electrons. The van der Waals surface area contributed by atoms with E-state index in [2.05, 4.69) is 32.1 Å². The molecule has 0 atom stereocenters. The third-order valence-corrected chi connectivity index (χ3v) is 3.84. The number of pyridine rings is 1. The smallest absolute Gasteiger partial charge is 0.111 e. The summed E-state index contributed by atoms with van der Waals surface area (Å²) in [5.74, 6) is 0.401. The van der Waals surface area contributed by atoms with Gasteiger partial charge in [0.05, 0.1) is 11.0 Å². The van der Waals surface area contributed by atoms with Crippen molar-refractivity contribution in [3.8, 4) is 0 Å². The van der Waals surface area contributed by atoms with Gasteiger partial charge in [-0.2, -0.15) is 0 Å². The highest BCUT2D eigenvalue weighted by molar-refractivity contribution is 5.66. The number of nitrogens with zero attached hydrogens (tertiary/aromatic N) is 1. The Morgan fingerprint density at radius 1 is 1.05 bits per heavy atom. The molecule has 0 saturated heterocycles. The predicted octanol–water partition coefficient (Wildman–Crippen LogP) is 2.63. The zero-order valence-corrected chi connectivity index (χ0v) is 11.9. The third-order valence-electron chi connectivity index (χ3n) is 3.84. The fourth-order valence-corrected chi connectivity index (χ4v) is 2.54. The van der Waals surface area contributed by atoms with Gasteiger partial charge in [-0.1, -0.05) is 32.1 Å². The SMILES string of the molecule is CC1(C)C=Cc2cc3c(nc2=C1)C=CC(C)(C)C=3O. The first-order chi connectivity index (χ1) is 8.78. The van der Waals surface area contributed by atoms with Gasteiger partial charge >= 0.3 is 0 Å². The van der Waals surface area contributed by atoms with E-state index in [4.69, 9.17) is 4.98 Å². The standard InChI is InChI=1S/C17H19NO/c1-16(2)7-5-11-9-12-13(18-14(11)10-16)6-8-17(3,4)15(12)19/h5-10,19H,1-4H3. The summed E-state index contributed by atoms with van der Waals surface area (Å²) in [5, 5.41) is 12.2. The fraction of sp³-hybridized carbons (Fsp3) is 0.353. The third kappa shape index (κ3) is 1.92. The molecule has 0 saturated carbocycles.